The summed E-state index contributed by atoms with van der Waals surface area (Å²) >= 11 is 11.9. The van der Waals surface area contributed by atoms with Gasteiger partial charge in [0.05, 0.1) is 15.7 Å². The molecule has 5 heteroatoms. The van der Waals surface area contributed by atoms with Gasteiger partial charge < -0.3 is 5.11 Å². The number of aliphatic hydroxyl groups is 1. The van der Waals surface area contributed by atoms with Crippen LogP contribution in [0.15, 0.2) is 36.5 Å². The Morgan fingerprint density at radius 1 is 1.12 bits per heavy atom. The standard InChI is InChI=1S/C11H8Cl2N2O/c12-8-4-1-3-7(10(8)13)11(16)9-5-2-6-14-15-9/h1-6,11,16H. The molecule has 1 aromatic heterocycles. The SMILES string of the molecule is OC(c1cccnn1)c1cccc(Cl)c1Cl. The number of rotatable bonds is 2. The summed E-state index contributed by atoms with van der Waals surface area (Å²) in [6.07, 6.45) is 0.621. The van der Waals surface area contributed by atoms with Crippen molar-refractivity contribution in [3.8, 4) is 0 Å². The topological polar surface area (TPSA) is 46.0 Å². The smallest absolute Gasteiger partial charge is 0.124 e. The zero-order chi connectivity index (χ0) is 11.5. The second-order valence-corrected chi connectivity index (χ2v) is 3.98. The minimum absolute atomic E-state index is 0.335. The first-order chi connectivity index (χ1) is 7.70. The predicted octanol–water partition coefficient (Wildman–Crippen LogP) is 2.87. The Kier molecular flexibility index (Phi) is 3.39. The van der Waals surface area contributed by atoms with Crippen LogP contribution in [0.5, 0.6) is 0 Å². The molecule has 0 fully saturated rings. The Morgan fingerprint density at radius 2 is 1.94 bits per heavy atom. The third-order valence-electron chi connectivity index (χ3n) is 2.15. The number of aromatic nitrogens is 2. The highest BCUT2D eigenvalue weighted by molar-refractivity contribution is 6.42. The molecule has 0 bridgehead atoms. The molecule has 0 saturated heterocycles. The van der Waals surface area contributed by atoms with E-state index in [9.17, 15) is 5.11 Å². The Hall–Kier alpha value is -1.16. The van der Waals surface area contributed by atoms with Gasteiger partial charge in [0.15, 0.2) is 0 Å². The van der Waals surface area contributed by atoms with Crippen molar-refractivity contribution in [2.24, 2.45) is 0 Å². The molecule has 0 aliphatic carbocycles. The van der Waals surface area contributed by atoms with Crippen LogP contribution in [0.4, 0.5) is 0 Å². The number of hydrogen-bond acceptors (Lipinski definition) is 3. The molecular formula is C11H8Cl2N2O. The van der Waals surface area contributed by atoms with Gasteiger partial charge in [-0.2, -0.15) is 10.2 Å². The van der Waals surface area contributed by atoms with Gasteiger partial charge in [-0.3, -0.25) is 0 Å². The van der Waals surface area contributed by atoms with Gasteiger partial charge in [-0.05, 0) is 18.2 Å². The van der Waals surface area contributed by atoms with Crippen molar-refractivity contribution in [3.05, 3.63) is 57.8 Å². The van der Waals surface area contributed by atoms with Crippen molar-refractivity contribution in [1.82, 2.24) is 10.2 Å². The summed E-state index contributed by atoms with van der Waals surface area (Å²) in [5, 5.41) is 18.3. The molecule has 1 unspecified atom stereocenters. The minimum Gasteiger partial charge on any atom is -0.382 e. The summed E-state index contributed by atoms with van der Waals surface area (Å²) in [4.78, 5) is 0. The van der Waals surface area contributed by atoms with E-state index in [0.717, 1.165) is 0 Å². The van der Waals surface area contributed by atoms with Crippen molar-refractivity contribution in [3.63, 3.8) is 0 Å². The highest BCUT2D eigenvalue weighted by atomic mass is 35.5. The third-order valence-corrected chi connectivity index (χ3v) is 2.98. The molecule has 0 aliphatic heterocycles. The van der Waals surface area contributed by atoms with Gasteiger partial charge in [0.1, 0.15) is 6.10 Å². The van der Waals surface area contributed by atoms with Crippen molar-refractivity contribution >= 4 is 23.2 Å². The molecule has 1 heterocycles. The first kappa shape index (κ1) is 11.3. The van der Waals surface area contributed by atoms with E-state index in [1.54, 1.807) is 30.3 Å². The molecule has 2 aromatic rings. The van der Waals surface area contributed by atoms with E-state index >= 15 is 0 Å². The molecule has 0 amide bonds. The number of benzene rings is 1. The molecule has 0 saturated carbocycles. The van der Waals surface area contributed by atoms with Crippen LogP contribution < -0.4 is 0 Å². The number of nitrogens with zero attached hydrogens (tertiary/aromatic N) is 2. The van der Waals surface area contributed by atoms with E-state index in [1.807, 2.05) is 0 Å². The Balaban J connectivity index is 2.42. The van der Waals surface area contributed by atoms with E-state index in [-0.39, 0.29) is 0 Å². The van der Waals surface area contributed by atoms with Crippen molar-refractivity contribution < 1.29 is 5.11 Å². The highest BCUT2D eigenvalue weighted by Gasteiger charge is 2.16. The summed E-state index contributed by atoms with van der Waals surface area (Å²) in [5.41, 5.74) is 0.960. The molecule has 82 valence electrons. The summed E-state index contributed by atoms with van der Waals surface area (Å²) in [5.74, 6) is 0. The lowest BCUT2D eigenvalue weighted by molar-refractivity contribution is 0.214. The van der Waals surface area contributed by atoms with Gasteiger partial charge in [-0.1, -0.05) is 35.3 Å². The first-order valence-corrected chi connectivity index (χ1v) is 5.35. The Labute approximate surface area is 103 Å². The molecule has 3 nitrogen and oxygen atoms in total. The number of hydrogen-bond donors (Lipinski definition) is 1. The molecule has 1 atom stereocenters. The zero-order valence-corrected chi connectivity index (χ0v) is 9.65. The Morgan fingerprint density at radius 3 is 2.62 bits per heavy atom. The van der Waals surface area contributed by atoms with E-state index in [4.69, 9.17) is 23.2 Å². The van der Waals surface area contributed by atoms with Crippen LogP contribution in [0.2, 0.25) is 10.0 Å². The maximum atomic E-state index is 10.1. The van der Waals surface area contributed by atoms with Crippen molar-refractivity contribution in [2.75, 3.05) is 0 Å². The fourth-order valence-electron chi connectivity index (χ4n) is 1.35. The molecule has 16 heavy (non-hydrogen) atoms. The molecule has 2 rings (SSSR count). The van der Waals surface area contributed by atoms with Gasteiger partial charge in [-0.15, -0.1) is 0 Å². The maximum absolute atomic E-state index is 10.1. The number of aliphatic hydroxyl groups excluding tert-OH is 1. The maximum Gasteiger partial charge on any atom is 0.124 e. The van der Waals surface area contributed by atoms with E-state index in [2.05, 4.69) is 10.2 Å². The Bertz CT molecular complexity index is 491. The fraction of sp³-hybridized carbons (Fsp3) is 0.0909. The van der Waals surface area contributed by atoms with E-state index in [1.165, 1.54) is 6.20 Å². The lowest BCUT2D eigenvalue weighted by Gasteiger charge is -2.11. The summed E-state index contributed by atoms with van der Waals surface area (Å²) in [7, 11) is 0. The molecule has 0 aliphatic rings. The normalized spacial score (nSPS) is 12.4. The van der Waals surface area contributed by atoms with Crippen LogP contribution in [0.3, 0.4) is 0 Å². The monoisotopic (exact) mass is 254 g/mol. The summed E-state index contributed by atoms with van der Waals surface area (Å²) < 4.78 is 0. The van der Waals surface area contributed by atoms with Gasteiger partial charge in [-0.25, -0.2) is 0 Å². The van der Waals surface area contributed by atoms with Crippen molar-refractivity contribution in [1.29, 1.82) is 0 Å². The fourth-order valence-corrected chi connectivity index (χ4v) is 1.76. The average Bonchev–Trinajstić information content (AvgIpc) is 2.33. The van der Waals surface area contributed by atoms with Crippen molar-refractivity contribution in [2.45, 2.75) is 6.10 Å². The van der Waals surface area contributed by atoms with Gasteiger partial charge in [0.2, 0.25) is 0 Å². The van der Waals surface area contributed by atoms with Gasteiger partial charge >= 0.3 is 0 Å². The van der Waals surface area contributed by atoms with E-state index < -0.39 is 6.10 Å². The summed E-state index contributed by atoms with van der Waals surface area (Å²) in [6, 6.07) is 8.46. The molecule has 0 spiro atoms. The summed E-state index contributed by atoms with van der Waals surface area (Å²) in [6.45, 7) is 0. The lowest BCUT2D eigenvalue weighted by atomic mass is 10.1. The predicted molar refractivity (Wildman–Crippen MR) is 62.6 cm³/mol. The lowest BCUT2D eigenvalue weighted by Crippen LogP contribution is -2.03. The van der Waals surface area contributed by atoms with Crippen LogP contribution in [0.1, 0.15) is 17.4 Å². The van der Waals surface area contributed by atoms with E-state index in [0.29, 0.717) is 21.3 Å². The molecule has 1 aromatic carbocycles. The largest absolute Gasteiger partial charge is 0.382 e. The van der Waals surface area contributed by atoms with Gasteiger partial charge in [0.25, 0.3) is 0 Å². The molecular weight excluding hydrogens is 247 g/mol. The van der Waals surface area contributed by atoms with Crippen LogP contribution in [-0.4, -0.2) is 15.3 Å². The third kappa shape index (κ3) is 2.16. The van der Waals surface area contributed by atoms with Crippen LogP contribution in [0, 0.1) is 0 Å². The molecule has 0 radical (unpaired) electrons. The van der Waals surface area contributed by atoms with Gasteiger partial charge in [0, 0.05) is 11.8 Å². The highest BCUT2D eigenvalue weighted by Crippen LogP contribution is 2.32. The van der Waals surface area contributed by atoms with Crippen LogP contribution >= 0.6 is 23.2 Å². The second kappa shape index (κ2) is 4.78. The second-order valence-electron chi connectivity index (χ2n) is 3.19. The van der Waals surface area contributed by atoms with Crippen LogP contribution in [-0.2, 0) is 0 Å². The minimum atomic E-state index is -0.917. The zero-order valence-electron chi connectivity index (χ0n) is 8.14. The first-order valence-electron chi connectivity index (χ1n) is 4.59. The van der Waals surface area contributed by atoms with Crippen LogP contribution in [0.25, 0.3) is 0 Å². The molecule has 1 N–H and O–H groups in total. The quantitative estimate of drug-likeness (QED) is 0.897. The number of halogens is 2. The average molecular weight is 255 g/mol.